The summed E-state index contributed by atoms with van der Waals surface area (Å²) in [6.45, 7) is 7.30. The minimum atomic E-state index is -0.195. The van der Waals surface area contributed by atoms with Crippen molar-refractivity contribution in [3.05, 3.63) is 83.2 Å². The quantitative estimate of drug-likeness (QED) is 0.488. The zero-order chi connectivity index (χ0) is 25.2. The maximum absolute atomic E-state index is 11.2. The van der Waals surface area contributed by atoms with Gasteiger partial charge in [0.2, 0.25) is 0 Å². The molecule has 8 nitrogen and oxygen atoms in total. The Hall–Kier alpha value is -2.40. The highest BCUT2D eigenvalue weighted by atomic mass is 32.2. The van der Waals surface area contributed by atoms with Crippen molar-refractivity contribution in [2.45, 2.75) is 37.0 Å². The SMILES string of the molecule is CCCSC1C2=C(N3CCN(C(c4ccccc4)c4ccccc4)CC3)NC=NC2N(CC2CO2)N1O. The molecular formula is C28H36N6O2S. The molecule has 0 saturated carbocycles. The zero-order valence-corrected chi connectivity index (χ0v) is 22.1. The van der Waals surface area contributed by atoms with Crippen molar-refractivity contribution in [2.75, 3.05) is 45.1 Å². The number of hydrogen-bond donors (Lipinski definition) is 2. The molecule has 196 valence electrons. The molecule has 0 radical (unpaired) electrons. The average molecular weight is 521 g/mol. The van der Waals surface area contributed by atoms with Gasteiger partial charge in [-0.15, -0.1) is 16.9 Å². The molecule has 3 saturated heterocycles. The number of fused-ring (bicyclic) bond motifs is 1. The van der Waals surface area contributed by atoms with Crippen molar-refractivity contribution >= 4 is 18.1 Å². The van der Waals surface area contributed by atoms with E-state index in [9.17, 15) is 5.21 Å². The Kier molecular flexibility index (Phi) is 7.50. The molecule has 3 atom stereocenters. The lowest BCUT2D eigenvalue weighted by Crippen LogP contribution is -2.51. The lowest BCUT2D eigenvalue weighted by Gasteiger charge is -2.42. The molecular weight excluding hydrogens is 484 g/mol. The van der Waals surface area contributed by atoms with Crippen molar-refractivity contribution in [3.8, 4) is 0 Å². The Morgan fingerprint density at radius 3 is 2.27 bits per heavy atom. The van der Waals surface area contributed by atoms with Gasteiger partial charge in [-0.2, -0.15) is 5.01 Å². The van der Waals surface area contributed by atoms with Crippen molar-refractivity contribution in [1.29, 1.82) is 0 Å². The highest BCUT2D eigenvalue weighted by Gasteiger charge is 2.49. The minimum absolute atomic E-state index is 0.150. The monoisotopic (exact) mass is 520 g/mol. The normalized spacial score (nSPS) is 26.6. The first kappa shape index (κ1) is 24.9. The largest absolute Gasteiger partial charge is 0.372 e. The van der Waals surface area contributed by atoms with Gasteiger partial charge >= 0.3 is 0 Å². The van der Waals surface area contributed by atoms with Gasteiger partial charge in [-0.05, 0) is 23.3 Å². The average Bonchev–Trinajstić information content (AvgIpc) is 3.73. The van der Waals surface area contributed by atoms with Crippen LogP contribution in [0.15, 0.2) is 77.1 Å². The molecule has 4 aliphatic heterocycles. The maximum Gasteiger partial charge on any atom is 0.146 e. The number of piperazine rings is 1. The molecule has 4 aliphatic rings. The van der Waals surface area contributed by atoms with Gasteiger partial charge in [-0.25, -0.2) is 0 Å². The summed E-state index contributed by atoms with van der Waals surface area (Å²) < 4.78 is 5.48. The first-order chi connectivity index (χ1) is 18.2. The molecule has 0 aliphatic carbocycles. The third-order valence-electron chi connectivity index (χ3n) is 7.49. The second-order valence-corrected chi connectivity index (χ2v) is 11.2. The van der Waals surface area contributed by atoms with E-state index in [2.05, 4.69) is 82.7 Å². The van der Waals surface area contributed by atoms with E-state index < -0.39 is 0 Å². The van der Waals surface area contributed by atoms with Crippen LogP contribution in [-0.2, 0) is 4.74 Å². The number of hydrazine groups is 1. The zero-order valence-electron chi connectivity index (χ0n) is 21.3. The summed E-state index contributed by atoms with van der Waals surface area (Å²) in [5.74, 6) is 2.08. The van der Waals surface area contributed by atoms with Crippen LogP contribution in [0.25, 0.3) is 0 Å². The highest BCUT2D eigenvalue weighted by molar-refractivity contribution is 8.00. The second-order valence-electron chi connectivity index (χ2n) is 9.97. The summed E-state index contributed by atoms with van der Waals surface area (Å²) in [5, 5.41) is 17.9. The number of nitrogens with one attached hydrogen (secondary N) is 1. The lowest BCUT2D eigenvalue weighted by atomic mass is 9.96. The van der Waals surface area contributed by atoms with Crippen LogP contribution < -0.4 is 5.32 Å². The summed E-state index contributed by atoms with van der Waals surface area (Å²) in [4.78, 5) is 9.79. The Balaban J connectivity index is 1.24. The third kappa shape index (κ3) is 5.16. The van der Waals surface area contributed by atoms with Crippen LogP contribution in [0.5, 0.6) is 0 Å². The number of rotatable bonds is 9. The topological polar surface area (TPSA) is 70.1 Å². The number of nitrogens with zero attached hydrogens (tertiary/aromatic N) is 5. The molecule has 0 aromatic heterocycles. The number of hydrogen-bond acceptors (Lipinski definition) is 9. The Labute approximate surface area is 223 Å². The highest BCUT2D eigenvalue weighted by Crippen LogP contribution is 2.40. The van der Waals surface area contributed by atoms with Gasteiger partial charge in [0.05, 0.1) is 25.1 Å². The Morgan fingerprint density at radius 2 is 1.68 bits per heavy atom. The van der Waals surface area contributed by atoms with E-state index in [-0.39, 0.29) is 23.7 Å². The number of epoxide rings is 1. The first-order valence-electron chi connectivity index (χ1n) is 13.3. The summed E-state index contributed by atoms with van der Waals surface area (Å²) >= 11 is 1.78. The predicted octanol–water partition coefficient (Wildman–Crippen LogP) is 3.35. The van der Waals surface area contributed by atoms with Crippen LogP contribution in [-0.4, -0.2) is 94.3 Å². The Morgan fingerprint density at radius 1 is 1.03 bits per heavy atom. The second kappa shape index (κ2) is 11.1. The van der Waals surface area contributed by atoms with E-state index in [0.717, 1.165) is 56.4 Å². The van der Waals surface area contributed by atoms with Gasteiger partial charge in [0, 0.05) is 38.3 Å². The molecule has 6 rings (SSSR count). The van der Waals surface area contributed by atoms with E-state index in [1.54, 1.807) is 18.1 Å². The van der Waals surface area contributed by atoms with E-state index in [4.69, 9.17) is 9.73 Å². The smallest absolute Gasteiger partial charge is 0.146 e. The van der Waals surface area contributed by atoms with Crippen LogP contribution in [0, 0.1) is 0 Å². The molecule has 37 heavy (non-hydrogen) atoms. The molecule has 9 heteroatoms. The van der Waals surface area contributed by atoms with Gasteiger partial charge in [-0.3, -0.25) is 15.1 Å². The number of thioether (sulfide) groups is 1. The van der Waals surface area contributed by atoms with Crippen LogP contribution in [0.2, 0.25) is 0 Å². The molecule has 2 aromatic rings. The number of hydroxylamine groups is 1. The van der Waals surface area contributed by atoms with Gasteiger partial charge in [0.15, 0.2) is 0 Å². The molecule has 0 amide bonds. The molecule has 0 bridgehead atoms. The van der Waals surface area contributed by atoms with E-state index in [0.29, 0.717) is 6.54 Å². The van der Waals surface area contributed by atoms with Crippen molar-refractivity contribution in [2.24, 2.45) is 4.99 Å². The van der Waals surface area contributed by atoms with Gasteiger partial charge in [-0.1, -0.05) is 67.6 Å². The van der Waals surface area contributed by atoms with Crippen molar-refractivity contribution in [1.82, 2.24) is 25.3 Å². The van der Waals surface area contributed by atoms with Gasteiger partial charge < -0.3 is 15.0 Å². The standard InChI is InChI=1S/C28H36N6O2S/c1-2-17-37-28-24-26(29-20-30-27(24)33(34(28)35)18-23-19-36-23)32-15-13-31(14-16-32)25(21-9-5-3-6-10-21)22-11-7-4-8-12-22/h3-12,20,23,25,27-28,35H,2,13-19H2,1H3,(H,29,30). The fourth-order valence-electron chi connectivity index (χ4n) is 5.62. The molecule has 3 unspecified atom stereocenters. The van der Waals surface area contributed by atoms with E-state index >= 15 is 0 Å². The molecule has 0 spiro atoms. The van der Waals surface area contributed by atoms with Crippen LogP contribution in [0.1, 0.15) is 30.5 Å². The fourth-order valence-corrected chi connectivity index (χ4v) is 6.75. The van der Waals surface area contributed by atoms with Crippen molar-refractivity contribution in [3.63, 3.8) is 0 Å². The van der Waals surface area contributed by atoms with Crippen LogP contribution in [0.4, 0.5) is 0 Å². The summed E-state index contributed by atoms with van der Waals surface area (Å²) in [6.07, 6.45) is 2.84. The van der Waals surface area contributed by atoms with Crippen molar-refractivity contribution < 1.29 is 9.94 Å². The first-order valence-corrected chi connectivity index (χ1v) is 14.4. The minimum Gasteiger partial charge on any atom is -0.372 e. The summed E-state index contributed by atoms with van der Waals surface area (Å²) in [6, 6.07) is 21.9. The number of ether oxygens (including phenoxy) is 1. The lowest BCUT2D eigenvalue weighted by molar-refractivity contribution is -0.234. The number of aliphatic imine (C=N–C) groups is 1. The van der Waals surface area contributed by atoms with Gasteiger partial charge in [0.25, 0.3) is 0 Å². The summed E-state index contributed by atoms with van der Waals surface area (Å²) in [7, 11) is 0. The molecule has 2 aromatic carbocycles. The maximum atomic E-state index is 11.2. The van der Waals surface area contributed by atoms with Gasteiger partial charge in [0.1, 0.15) is 17.4 Å². The van der Waals surface area contributed by atoms with Crippen LogP contribution >= 0.6 is 11.8 Å². The Bertz CT molecular complexity index is 1060. The molecule has 3 fully saturated rings. The molecule has 2 N–H and O–H groups in total. The van der Waals surface area contributed by atoms with E-state index in [1.807, 2.05) is 5.01 Å². The third-order valence-corrected chi connectivity index (χ3v) is 8.89. The number of benzene rings is 2. The fraction of sp³-hybridized carbons (Fsp3) is 0.464. The van der Waals surface area contributed by atoms with E-state index in [1.165, 1.54) is 16.3 Å². The predicted molar refractivity (Wildman–Crippen MR) is 147 cm³/mol. The van der Waals surface area contributed by atoms with Crippen LogP contribution in [0.3, 0.4) is 0 Å². The molecule has 4 heterocycles. The summed E-state index contributed by atoms with van der Waals surface area (Å²) in [5.41, 5.74) is 3.81.